The van der Waals surface area contributed by atoms with Gasteiger partial charge in [-0.1, -0.05) is 12.1 Å². The van der Waals surface area contributed by atoms with E-state index in [1.54, 1.807) is 18.2 Å². The van der Waals surface area contributed by atoms with Gasteiger partial charge in [-0.05, 0) is 31.5 Å². The van der Waals surface area contributed by atoms with E-state index in [9.17, 15) is 9.59 Å². The molecule has 0 saturated carbocycles. The number of rotatable bonds is 3. The number of hydrogen-bond acceptors (Lipinski definition) is 3. The van der Waals surface area contributed by atoms with Gasteiger partial charge in [0.2, 0.25) is 5.91 Å². The summed E-state index contributed by atoms with van der Waals surface area (Å²) >= 11 is 0. The molecule has 0 spiro atoms. The zero-order chi connectivity index (χ0) is 13.0. The predicted molar refractivity (Wildman–Crippen MR) is 67.6 cm³/mol. The fourth-order valence-electron chi connectivity index (χ4n) is 2.09. The van der Waals surface area contributed by atoms with Crippen molar-refractivity contribution in [3.63, 3.8) is 0 Å². The maximum atomic E-state index is 12.0. The summed E-state index contributed by atoms with van der Waals surface area (Å²) < 4.78 is 0. The molecule has 18 heavy (non-hydrogen) atoms. The van der Waals surface area contributed by atoms with Gasteiger partial charge < -0.3 is 15.7 Å². The summed E-state index contributed by atoms with van der Waals surface area (Å²) in [7, 11) is 0. The van der Waals surface area contributed by atoms with Crippen LogP contribution in [0.4, 0.5) is 5.69 Å². The Morgan fingerprint density at radius 1 is 1.33 bits per heavy atom. The van der Waals surface area contributed by atoms with Crippen LogP contribution in [-0.4, -0.2) is 30.1 Å². The number of carboxylic acids is 1. The zero-order valence-corrected chi connectivity index (χ0v) is 9.98. The number of hydrogen-bond donors (Lipinski definition) is 3. The van der Waals surface area contributed by atoms with Gasteiger partial charge in [-0.3, -0.25) is 4.79 Å². The van der Waals surface area contributed by atoms with Crippen molar-refractivity contribution >= 4 is 17.6 Å². The van der Waals surface area contributed by atoms with Crippen molar-refractivity contribution in [1.82, 2.24) is 5.32 Å². The summed E-state index contributed by atoms with van der Waals surface area (Å²) in [6.07, 6.45) is 1.81. The van der Waals surface area contributed by atoms with Crippen LogP contribution in [0, 0.1) is 5.92 Å². The first kappa shape index (κ1) is 12.6. The van der Waals surface area contributed by atoms with Crippen LogP contribution in [0.3, 0.4) is 0 Å². The molecule has 1 aliphatic rings. The first-order valence-electron chi connectivity index (χ1n) is 6.02. The molecule has 1 aromatic carbocycles. The molecule has 3 N–H and O–H groups in total. The van der Waals surface area contributed by atoms with E-state index >= 15 is 0 Å². The highest BCUT2D eigenvalue weighted by Crippen LogP contribution is 2.18. The first-order chi connectivity index (χ1) is 8.68. The molecule has 0 bridgehead atoms. The molecule has 0 aromatic heterocycles. The molecule has 1 saturated heterocycles. The van der Waals surface area contributed by atoms with Crippen molar-refractivity contribution in [3.8, 4) is 0 Å². The van der Waals surface area contributed by atoms with Crippen molar-refractivity contribution in [3.05, 3.63) is 29.8 Å². The average Bonchev–Trinajstić information content (AvgIpc) is 2.40. The van der Waals surface area contributed by atoms with Gasteiger partial charge in [0, 0.05) is 6.54 Å². The van der Waals surface area contributed by atoms with Crippen LogP contribution in [0.5, 0.6) is 0 Å². The predicted octanol–water partition coefficient (Wildman–Crippen LogP) is 1.32. The monoisotopic (exact) mass is 248 g/mol. The summed E-state index contributed by atoms with van der Waals surface area (Å²) in [6.45, 7) is 1.59. The van der Waals surface area contributed by atoms with Crippen molar-refractivity contribution < 1.29 is 14.7 Å². The van der Waals surface area contributed by atoms with Gasteiger partial charge in [0.25, 0.3) is 0 Å². The molecule has 0 aliphatic carbocycles. The molecular weight excluding hydrogens is 232 g/mol. The van der Waals surface area contributed by atoms with Crippen LogP contribution in [0.2, 0.25) is 0 Å². The molecule has 5 heteroatoms. The lowest BCUT2D eigenvalue weighted by atomic mass is 9.98. The number of anilines is 1. The number of carboxylic acid groups (broad SMARTS) is 1. The Bertz CT molecular complexity index is 453. The van der Waals surface area contributed by atoms with Crippen LogP contribution >= 0.6 is 0 Å². The van der Waals surface area contributed by atoms with Crippen LogP contribution in [-0.2, 0) is 4.79 Å². The molecule has 1 aliphatic heterocycles. The molecule has 1 atom stereocenters. The number of carbonyl (C=O) groups excluding carboxylic acids is 1. The number of benzene rings is 1. The van der Waals surface area contributed by atoms with Gasteiger partial charge in [-0.2, -0.15) is 0 Å². The number of amides is 1. The normalized spacial score (nSPS) is 19.2. The fourth-order valence-corrected chi connectivity index (χ4v) is 2.09. The highest BCUT2D eigenvalue weighted by atomic mass is 16.4. The Morgan fingerprint density at radius 3 is 2.78 bits per heavy atom. The molecule has 2 rings (SSSR count). The lowest BCUT2D eigenvalue weighted by molar-refractivity contribution is -0.120. The Balaban J connectivity index is 2.08. The summed E-state index contributed by atoms with van der Waals surface area (Å²) in [4.78, 5) is 23.0. The van der Waals surface area contributed by atoms with Gasteiger partial charge in [-0.15, -0.1) is 0 Å². The van der Waals surface area contributed by atoms with Crippen molar-refractivity contribution in [2.75, 3.05) is 18.4 Å². The topological polar surface area (TPSA) is 78.4 Å². The lowest BCUT2D eigenvalue weighted by Crippen LogP contribution is -2.37. The molecule has 96 valence electrons. The van der Waals surface area contributed by atoms with E-state index in [0.29, 0.717) is 12.2 Å². The van der Waals surface area contributed by atoms with E-state index in [2.05, 4.69) is 10.6 Å². The number of nitrogens with one attached hydrogen (secondary N) is 2. The minimum absolute atomic E-state index is 0.0828. The molecule has 0 radical (unpaired) electrons. The van der Waals surface area contributed by atoms with Crippen LogP contribution in [0.25, 0.3) is 0 Å². The number of piperidine rings is 1. The quantitative estimate of drug-likeness (QED) is 0.754. The number of para-hydroxylation sites is 1. The molecule has 5 nitrogen and oxygen atoms in total. The second-order valence-corrected chi connectivity index (χ2v) is 4.38. The van der Waals surface area contributed by atoms with Gasteiger partial charge in [0.1, 0.15) is 0 Å². The molecule has 1 fully saturated rings. The minimum atomic E-state index is -1.03. The standard InChI is InChI=1S/C13H16N2O3/c16-12(9-4-3-7-14-8-9)15-11-6-2-1-5-10(11)13(17)18/h1-2,5-6,9,14H,3-4,7-8H2,(H,15,16)(H,17,18)/t9-/m1/s1. The molecule has 1 amide bonds. The van der Waals surface area contributed by atoms with E-state index in [1.807, 2.05) is 0 Å². The molecule has 1 aromatic rings. The van der Waals surface area contributed by atoms with Crippen LogP contribution < -0.4 is 10.6 Å². The van der Waals surface area contributed by atoms with E-state index in [1.165, 1.54) is 6.07 Å². The third-order valence-electron chi connectivity index (χ3n) is 3.08. The second-order valence-electron chi connectivity index (χ2n) is 4.38. The Hall–Kier alpha value is -1.88. The number of aromatic carboxylic acids is 1. The number of carbonyl (C=O) groups is 2. The summed E-state index contributed by atoms with van der Waals surface area (Å²) in [5, 5.41) is 14.9. The Morgan fingerprint density at radius 2 is 2.11 bits per heavy atom. The van der Waals surface area contributed by atoms with Crippen molar-refractivity contribution in [2.24, 2.45) is 5.92 Å². The first-order valence-corrected chi connectivity index (χ1v) is 6.02. The van der Waals surface area contributed by atoms with Crippen LogP contribution in [0.1, 0.15) is 23.2 Å². The highest BCUT2D eigenvalue weighted by molar-refractivity contribution is 6.01. The van der Waals surface area contributed by atoms with Crippen molar-refractivity contribution in [1.29, 1.82) is 0 Å². The van der Waals surface area contributed by atoms with Gasteiger partial charge >= 0.3 is 5.97 Å². The largest absolute Gasteiger partial charge is 0.478 e. The Labute approximate surface area is 105 Å². The summed E-state index contributed by atoms with van der Waals surface area (Å²) in [5.74, 6) is -1.23. The third-order valence-corrected chi connectivity index (χ3v) is 3.08. The van der Waals surface area contributed by atoms with E-state index in [-0.39, 0.29) is 17.4 Å². The zero-order valence-electron chi connectivity index (χ0n) is 9.98. The average molecular weight is 248 g/mol. The maximum Gasteiger partial charge on any atom is 0.337 e. The molecule has 0 unspecified atom stereocenters. The summed E-state index contributed by atoms with van der Waals surface area (Å²) in [6, 6.07) is 6.44. The SMILES string of the molecule is O=C(O)c1ccccc1NC(=O)[C@@H]1CCCNC1. The van der Waals surface area contributed by atoms with Gasteiger partial charge in [0.05, 0.1) is 17.2 Å². The molecular formula is C13H16N2O3. The van der Waals surface area contributed by atoms with E-state index in [4.69, 9.17) is 5.11 Å². The lowest BCUT2D eigenvalue weighted by Gasteiger charge is -2.22. The summed E-state index contributed by atoms with van der Waals surface area (Å²) in [5.41, 5.74) is 0.482. The van der Waals surface area contributed by atoms with Crippen molar-refractivity contribution in [2.45, 2.75) is 12.8 Å². The van der Waals surface area contributed by atoms with Gasteiger partial charge in [-0.25, -0.2) is 4.79 Å². The molecule has 1 heterocycles. The van der Waals surface area contributed by atoms with Gasteiger partial charge in [0.15, 0.2) is 0 Å². The fraction of sp³-hybridized carbons (Fsp3) is 0.385. The minimum Gasteiger partial charge on any atom is -0.478 e. The third kappa shape index (κ3) is 2.87. The maximum absolute atomic E-state index is 12.0. The van der Waals surface area contributed by atoms with E-state index in [0.717, 1.165) is 19.4 Å². The van der Waals surface area contributed by atoms with E-state index < -0.39 is 5.97 Å². The van der Waals surface area contributed by atoms with Crippen LogP contribution in [0.15, 0.2) is 24.3 Å². The second kappa shape index (κ2) is 5.64. The highest BCUT2D eigenvalue weighted by Gasteiger charge is 2.22. The Kier molecular flexibility index (Phi) is 3.94. The smallest absolute Gasteiger partial charge is 0.337 e.